The fraction of sp³-hybridized carbons (Fsp3) is 0.483. The Kier molecular flexibility index (Phi) is 6.77. The first kappa shape index (κ1) is 26.3. The molecule has 0 aromatic heterocycles. The largest absolute Gasteiger partial charge is 0.381 e. The Labute approximate surface area is 222 Å². The van der Waals surface area contributed by atoms with Crippen molar-refractivity contribution >= 4 is 23.4 Å². The zero-order valence-corrected chi connectivity index (χ0v) is 22.4. The fourth-order valence-electron chi connectivity index (χ4n) is 6.09. The van der Waals surface area contributed by atoms with Crippen LogP contribution in [0.3, 0.4) is 0 Å². The number of imide groups is 1. The summed E-state index contributed by atoms with van der Waals surface area (Å²) >= 11 is 0. The highest BCUT2D eigenvalue weighted by Gasteiger charge is 2.40. The van der Waals surface area contributed by atoms with Gasteiger partial charge < -0.3 is 15.0 Å². The molecule has 3 aliphatic heterocycles. The molecular formula is C29H35FN4O4. The van der Waals surface area contributed by atoms with Gasteiger partial charge in [-0.15, -0.1) is 0 Å². The van der Waals surface area contributed by atoms with Crippen molar-refractivity contribution in [2.24, 2.45) is 0 Å². The van der Waals surface area contributed by atoms with E-state index in [1.165, 1.54) is 4.90 Å². The van der Waals surface area contributed by atoms with Gasteiger partial charge in [0, 0.05) is 61.5 Å². The molecule has 0 aliphatic carbocycles. The lowest BCUT2D eigenvalue weighted by molar-refractivity contribution is -0.182. The summed E-state index contributed by atoms with van der Waals surface area (Å²) in [5, 5.41) is 5.61. The first-order chi connectivity index (χ1) is 17.9. The van der Waals surface area contributed by atoms with Gasteiger partial charge in [-0.2, -0.15) is 0 Å². The van der Waals surface area contributed by atoms with E-state index in [2.05, 4.69) is 43.2 Å². The summed E-state index contributed by atoms with van der Waals surface area (Å²) in [6, 6.07) is 10.0. The van der Waals surface area contributed by atoms with Crippen LogP contribution in [0.2, 0.25) is 0 Å². The monoisotopic (exact) mass is 522 g/mol. The Morgan fingerprint density at radius 2 is 1.82 bits per heavy atom. The molecule has 202 valence electrons. The average Bonchev–Trinajstić information content (AvgIpc) is 3.13. The molecule has 38 heavy (non-hydrogen) atoms. The number of carbonyl (C=O) groups excluding carboxylic acids is 3. The Morgan fingerprint density at radius 3 is 2.50 bits per heavy atom. The summed E-state index contributed by atoms with van der Waals surface area (Å²) < 4.78 is 21.3. The zero-order chi connectivity index (χ0) is 27.2. The molecule has 0 saturated carbocycles. The smallest absolute Gasteiger partial charge is 0.255 e. The molecule has 9 heteroatoms. The number of ether oxygens (including phenoxy) is 1. The minimum Gasteiger partial charge on any atom is -0.381 e. The molecule has 2 N–H and O–H groups in total. The van der Waals surface area contributed by atoms with Gasteiger partial charge in [-0.3, -0.25) is 24.6 Å². The molecule has 0 radical (unpaired) electrons. The van der Waals surface area contributed by atoms with Crippen molar-refractivity contribution in [2.75, 3.05) is 18.4 Å². The highest BCUT2D eigenvalue weighted by atomic mass is 19.1. The molecule has 3 amide bonds. The molecular weight excluding hydrogens is 487 g/mol. The highest BCUT2D eigenvalue weighted by molar-refractivity contribution is 6.06. The van der Waals surface area contributed by atoms with Gasteiger partial charge in [0.25, 0.3) is 5.91 Å². The van der Waals surface area contributed by atoms with E-state index in [0.717, 1.165) is 29.9 Å². The number of carbonyl (C=O) groups is 3. The second-order valence-corrected chi connectivity index (χ2v) is 11.8. The number of nitrogens with one attached hydrogen (secondary N) is 2. The van der Waals surface area contributed by atoms with Crippen molar-refractivity contribution in [3.05, 3.63) is 64.5 Å². The van der Waals surface area contributed by atoms with E-state index in [1.54, 1.807) is 24.3 Å². The van der Waals surface area contributed by atoms with Crippen LogP contribution in [0.4, 0.5) is 10.1 Å². The summed E-state index contributed by atoms with van der Waals surface area (Å²) in [5.41, 5.74) is 2.92. The van der Waals surface area contributed by atoms with Crippen LogP contribution in [0.1, 0.15) is 67.6 Å². The van der Waals surface area contributed by atoms with E-state index in [0.29, 0.717) is 24.1 Å². The predicted molar refractivity (Wildman–Crippen MR) is 141 cm³/mol. The maximum Gasteiger partial charge on any atom is 0.255 e. The summed E-state index contributed by atoms with van der Waals surface area (Å²) in [6.45, 7) is 11.0. The van der Waals surface area contributed by atoms with E-state index in [1.807, 2.05) is 12.1 Å². The molecule has 1 unspecified atom stereocenters. The highest BCUT2D eigenvalue weighted by Crippen LogP contribution is 2.33. The topological polar surface area (TPSA) is 91.0 Å². The molecule has 3 heterocycles. The lowest BCUT2D eigenvalue weighted by Gasteiger charge is -2.47. The Balaban J connectivity index is 1.25. The number of hydrogen-bond donors (Lipinski definition) is 2. The Morgan fingerprint density at radius 1 is 1.08 bits per heavy atom. The molecule has 2 aromatic carbocycles. The van der Waals surface area contributed by atoms with Crippen LogP contribution in [0.15, 0.2) is 36.4 Å². The van der Waals surface area contributed by atoms with Crippen LogP contribution in [0.25, 0.3) is 0 Å². The second-order valence-electron chi connectivity index (χ2n) is 11.8. The Hall–Kier alpha value is -3.30. The number of rotatable bonds is 6. The van der Waals surface area contributed by atoms with Crippen LogP contribution >= 0.6 is 0 Å². The number of halogens is 1. The van der Waals surface area contributed by atoms with E-state index in [4.69, 9.17) is 4.74 Å². The maximum atomic E-state index is 15.1. The Bertz CT molecular complexity index is 1280. The molecule has 0 bridgehead atoms. The lowest BCUT2D eigenvalue weighted by atomic mass is 9.98. The summed E-state index contributed by atoms with van der Waals surface area (Å²) in [7, 11) is 0. The second kappa shape index (κ2) is 9.78. The number of piperidine rings is 1. The van der Waals surface area contributed by atoms with Gasteiger partial charge in [0.1, 0.15) is 11.9 Å². The standard InChI is InChI=1S/C29H35FN4O4/c1-28(2)16-33(17-29(3,4)38-28)14-18-8-9-19(22(30)12-18)13-31-23-7-5-6-20-21(23)15-34(27(20)37)24-10-11-25(35)32-26(24)36/h5-9,12,24,31H,10-11,13-17H2,1-4H3,(H,32,35,36). The third-order valence-electron chi connectivity index (χ3n) is 7.34. The number of nitrogens with zero attached hydrogens (tertiary/aromatic N) is 2. The maximum absolute atomic E-state index is 15.1. The number of benzene rings is 2. The van der Waals surface area contributed by atoms with E-state index in [9.17, 15) is 14.4 Å². The number of morpholine rings is 1. The minimum absolute atomic E-state index is 0.206. The van der Waals surface area contributed by atoms with Gasteiger partial charge in [-0.25, -0.2) is 4.39 Å². The number of anilines is 1. The predicted octanol–water partition coefficient (Wildman–Crippen LogP) is 3.59. The van der Waals surface area contributed by atoms with Crippen LogP contribution < -0.4 is 10.6 Å². The quantitative estimate of drug-likeness (QED) is 0.564. The number of fused-ring (bicyclic) bond motifs is 1. The first-order valence-corrected chi connectivity index (χ1v) is 13.1. The van der Waals surface area contributed by atoms with E-state index >= 15 is 4.39 Å². The van der Waals surface area contributed by atoms with E-state index < -0.39 is 11.9 Å². The van der Waals surface area contributed by atoms with Crippen LogP contribution in [-0.4, -0.2) is 57.9 Å². The first-order valence-electron chi connectivity index (χ1n) is 13.1. The van der Waals surface area contributed by atoms with Gasteiger partial charge >= 0.3 is 0 Å². The van der Waals surface area contributed by atoms with Gasteiger partial charge in [0.05, 0.1) is 11.2 Å². The van der Waals surface area contributed by atoms with Crippen molar-refractivity contribution in [2.45, 2.75) is 77.4 Å². The van der Waals surface area contributed by atoms with Crippen molar-refractivity contribution < 1.29 is 23.5 Å². The molecule has 3 aliphatic rings. The zero-order valence-electron chi connectivity index (χ0n) is 22.4. The molecule has 2 fully saturated rings. The minimum atomic E-state index is -0.673. The molecule has 1 atom stereocenters. The third kappa shape index (κ3) is 5.44. The summed E-state index contributed by atoms with van der Waals surface area (Å²) in [6.07, 6.45) is 0.516. The SMILES string of the molecule is CC1(C)CN(Cc2ccc(CNc3cccc4c3CN(C3CCC(=O)NC3=O)C4=O)c(F)c2)CC(C)(C)O1. The third-order valence-corrected chi connectivity index (χ3v) is 7.34. The lowest BCUT2D eigenvalue weighted by Crippen LogP contribution is -2.56. The molecule has 8 nitrogen and oxygen atoms in total. The molecule has 0 spiro atoms. The van der Waals surface area contributed by atoms with Gasteiger partial charge in [0.15, 0.2) is 0 Å². The molecule has 2 saturated heterocycles. The average molecular weight is 523 g/mol. The van der Waals surface area contributed by atoms with Crippen molar-refractivity contribution in [3.63, 3.8) is 0 Å². The normalized spacial score (nSPS) is 22.8. The fourth-order valence-corrected chi connectivity index (χ4v) is 6.09. The molecule has 5 rings (SSSR count). The summed E-state index contributed by atoms with van der Waals surface area (Å²) in [5.74, 6) is -1.27. The van der Waals surface area contributed by atoms with Crippen LogP contribution in [-0.2, 0) is 34.0 Å². The van der Waals surface area contributed by atoms with Gasteiger partial charge in [0.2, 0.25) is 11.8 Å². The molecule has 2 aromatic rings. The van der Waals surface area contributed by atoms with E-state index in [-0.39, 0.29) is 48.3 Å². The number of hydrogen-bond acceptors (Lipinski definition) is 6. The van der Waals surface area contributed by atoms with Crippen molar-refractivity contribution in [1.82, 2.24) is 15.1 Å². The van der Waals surface area contributed by atoms with Gasteiger partial charge in [-0.1, -0.05) is 18.2 Å². The van der Waals surface area contributed by atoms with Crippen molar-refractivity contribution in [3.8, 4) is 0 Å². The van der Waals surface area contributed by atoms with Crippen LogP contribution in [0, 0.1) is 5.82 Å². The van der Waals surface area contributed by atoms with Crippen LogP contribution in [0.5, 0.6) is 0 Å². The summed E-state index contributed by atoms with van der Waals surface area (Å²) in [4.78, 5) is 40.7. The number of amides is 3. The van der Waals surface area contributed by atoms with Gasteiger partial charge in [-0.05, 0) is 57.9 Å². The van der Waals surface area contributed by atoms with Crippen molar-refractivity contribution in [1.29, 1.82) is 0 Å².